The molecule has 0 spiro atoms. The number of hydrogen-bond donors (Lipinski definition) is 2. The van der Waals surface area contributed by atoms with E-state index in [1.165, 1.54) is 6.20 Å². The fourth-order valence-electron chi connectivity index (χ4n) is 4.09. The van der Waals surface area contributed by atoms with E-state index in [9.17, 15) is 9.90 Å². The highest BCUT2D eigenvalue weighted by molar-refractivity contribution is 6.30. The topological polar surface area (TPSA) is 79.0 Å². The number of nitrogens with zero attached hydrogens (tertiary/aromatic N) is 2. The van der Waals surface area contributed by atoms with Crippen LogP contribution in [0, 0.1) is 0 Å². The highest BCUT2D eigenvalue weighted by Crippen LogP contribution is 2.39. The van der Waals surface area contributed by atoms with Gasteiger partial charge in [0.1, 0.15) is 5.60 Å². The van der Waals surface area contributed by atoms with E-state index < -0.39 is 5.60 Å². The molecule has 3 rings (SSSR count). The molecule has 1 atom stereocenters. The Morgan fingerprint density at radius 1 is 1.29 bits per heavy atom. The maximum Gasteiger partial charge on any atom is 0.410 e. The number of nitrogens with two attached hydrogens (primary N) is 1. The summed E-state index contributed by atoms with van der Waals surface area (Å²) in [6.07, 6.45) is 7.82. The Hall–Kier alpha value is -2.28. The van der Waals surface area contributed by atoms with Gasteiger partial charge in [0.2, 0.25) is 0 Å². The summed E-state index contributed by atoms with van der Waals surface area (Å²) in [6, 6.07) is 5.97. The molecule has 168 valence electrons. The molecule has 6 nitrogen and oxygen atoms in total. The monoisotopic (exact) mass is 445 g/mol. The van der Waals surface area contributed by atoms with Gasteiger partial charge < -0.3 is 20.5 Å². The van der Waals surface area contributed by atoms with Crippen LogP contribution in [0.25, 0.3) is 5.57 Å². The molecule has 0 bridgehead atoms. The molecule has 1 saturated heterocycles. The predicted octanol–water partition coefficient (Wildman–Crippen LogP) is 4.11. The molecule has 3 N–H and O–H groups in total. The lowest BCUT2D eigenvalue weighted by atomic mass is 9.94. The Morgan fingerprint density at radius 2 is 2.00 bits per heavy atom. The highest BCUT2D eigenvalue weighted by atomic mass is 35.5. The van der Waals surface area contributed by atoms with Crippen molar-refractivity contribution in [1.29, 1.82) is 0 Å². The van der Waals surface area contributed by atoms with E-state index in [4.69, 9.17) is 22.1 Å². The van der Waals surface area contributed by atoms with Crippen molar-refractivity contribution in [2.75, 3.05) is 32.8 Å². The van der Waals surface area contributed by atoms with Crippen LogP contribution in [0.3, 0.4) is 0 Å². The minimum Gasteiger partial charge on any atom is -0.444 e. The number of rotatable bonds is 3. The number of halogens is 1. The summed E-state index contributed by atoms with van der Waals surface area (Å²) in [4.78, 5) is 16.6. The summed E-state index contributed by atoms with van der Waals surface area (Å²) in [5, 5.41) is 10.7. The number of aliphatic hydroxyl groups excluding tert-OH is 1. The van der Waals surface area contributed by atoms with Crippen LogP contribution >= 0.6 is 11.6 Å². The van der Waals surface area contributed by atoms with E-state index >= 15 is 0 Å². The summed E-state index contributed by atoms with van der Waals surface area (Å²) in [5.41, 5.74) is 9.06. The number of hydrogen-bond acceptors (Lipinski definition) is 5. The summed E-state index contributed by atoms with van der Waals surface area (Å²) in [6.45, 7) is 8.25. The van der Waals surface area contributed by atoms with Crippen molar-refractivity contribution in [2.24, 2.45) is 5.73 Å². The normalized spacial score (nSPS) is 21.7. The van der Waals surface area contributed by atoms with Crippen molar-refractivity contribution in [3.05, 3.63) is 64.3 Å². The zero-order valence-corrected chi connectivity index (χ0v) is 19.2. The third-order valence-electron chi connectivity index (χ3n) is 5.51. The molecule has 1 fully saturated rings. The van der Waals surface area contributed by atoms with E-state index in [1.807, 2.05) is 51.1 Å². The van der Waals surface area contributed by atoms with Gasteiger partial charge >= 0.3 is 6.09 Å². The molecule has 1 aromatic carbocycles. The number of piperazine rings is 1. The van der Waals surface area contributed by atoms with Crippen molar-refractivity contribution in [1.82, 2.24) is 9.80 Å². The molecular weight excluding hydrogens is 414 g/mol. The van der Waals surface area contributed by atoms with Gasteiger partial charge in [0.05, 0.1) is 6.61 Å². The van der Waals surface area contributed by atoms with Gasteiger partial charge in [-0.2, -0.15) is 0 Å². The molecule has 1 unspecified atom stereocenters. The van der Waals surface area contributed by atoms with Gasteiger partial charge in [0.15, 0.2) is 0 Å². The Labute approximate surface area is 189 Å². The predicted molar refractivity (Wildman–Crippen MR) is 125 cm³/mol. The van der Waals surface area contributed by atoms with Crippen molar-refractivity contribution in [2.45, 2.75) is 38.8 Å². The number of carbonyl (C=O) groups excluding carboxylic acids is 1. The molecule has 0 saturated carbocycles. The third-order valence-corrected chi connectivity index (χ3v) is 5.74. The maximum absolute atomic E-state index is 12.4. The van der Waals surface area contributed by atoms with E-state index in [2.05, 4.69) is 4.90 Å². The second kappa shape index (κ2) is 9.90. The molecule has 0 aromatic heterocycles. The van der Waals surface area contributed by atoms with Gasteiger partial charge in [-0.05, 0) is 73.9 Å². The molecule has 2 aliphatic rings. The van der Waals surface area contributed by atoms with Crippen LogP contribution in [0.5, 0.6) is 0 Å². The van der Waals surface area contributed by atoms with Gasteiger partial charge in [0.25, 0.3) is 0 Å². The van der Waals surface area contributed by atoms with Crippen LogP contribution in [-0.4, -0.2) is 59.4 Å². The number of fused-ring (bicyclic) bond motifs is 1. The molecule has 1 aliphatic heterocycles. The summed E-state index contributed by atoms with van der Waals surface area (Å²) in [7, 11) is 0. The molecule has 1 amide bonds. The van der Waals surface area contributed by atoms with E-state index in [-0.39, 0.29) is 18.7 Å². The first-order valence-corrected chi connectivity index (χ1v) is 11.0. The smallest absolute Gasteiger partial charge is 0.410 e. The van der Waals surface area contributed by atoms with Crippen LogP contribution in [0.2, 0.25) is 5.02 Å². The SMILES string of the molecule is CC(C)(C)OC(=O)N1CCN(C2C/C(=C\C=C/N)C=C(CO)c3cc(Cl)ccc32)CC1. The molecular formula is C24H32ClN3O3. The first-order valence-electron chi connectivity index (χ1n) is 10.6. The zero-order chi connectivity index (χ0) is 22.6. The number of amides is 1. The minimum atomic E-state index is -0.504. The Kier molecular flexibility index (Phi) is 7.46. The van der Waals surface area contributed by atoms with Crippen LogP contribution < -0.4 is 5.73 Å². The standard InChI is InChI=1S/C24H32ClN3O3/c1-24(2,3)31-23(30)28-11-9-27(10-12-28)22-14-17(5-4-8-26)13-18(16-29)21-15-19(25)6-7-20(21)22/h4-8,13,15,22,29H,9-12,14,16,26H2,1-3H3/b8-4-,17-5-. The number of ether oxygens (including phenoxy) is 1. The molecule has 1 heterocycles. The lowest BCUT2D eigenvalue weighted by Gasteiger charge is -2.40. The molecule has 31 heavy (non-hydrogen) atoms. The lowest BCUT2D eigenvalue weighted by Crippen LogP contribution is -2.50. The molecule has 1 aromatic rings. The van der Waals surface area contributed by atoms with Crippen molar-refractivity contribution >= 4 is 23.3 Å². The Bertz CT molecular complexity index is 894. The second-order valence-corrected chi connectivity index (χ2v) is 9.35. The van der Waals surface area contributed by atoms with Crippen LogP contribution in [0.4, 0.5) is 4.79 Å². The third kappa shape index (κ3) is 5.91. The quantitative estimate of drug-likeness (QED) is 0.731. The molecule has 7 heteroatoms. The highest BCUT2D eigenvalue weighted by Gasteiger charge is 2.32. The van der Waals surface area contributed by atoms with E-state index in [1.54, 1.807) is 11.0 Å². The largest absolute Gasteiger partial charge is 0.444 e. The van der Waals surface area contributed by atoms with Crippen molar-refractivity contribution in [3.8, 4) is 0 Å². The first-order chi connectivity index (χ1) is 14.7. The Balaban J connectivity index is 1.86. The fraction of sp³-hybridized carbons (Fsp3) is 0.458. The van der Waals surface area contributed by atoms with Gasteiger partial charge in [-0.3, -0.25) is 4.90 Å². The summed E-state index contributed by atoms with van der Waals surface area (Å²) < 4.78 is 5.53. The van der Waals surface area contributed by atoms with Gasteiger partial charge in [-0.1, -0.05) is 29.8 Å². The lowest BCUT2D eigenvalue weighted by molar-refractivity contribution is 0.0102. The average Bonchev–Trinajstić information content (AvgIpc) is 2.87. The first kappa shape index (κ1) is 23.4. The maximum atomic E-state index is 12.4. The number of carbonyl (C=O) groups is 1. The minimum absolute atomic E-state index is 0.0733. The van der Waals surface area contributed by atoms with E-state index in [0.717, 1.165) is 41.8 Å². The molecule has 1 aliphatic carbocycles. The van der Waals surface area contributed by atoms with Crippen molar-refractivity contribution < 1.29 is 14.6 Å². The van der Waals surface area contributed by atoms with Crippen LogP contribution in [0.1, 0.15) is 44.4 Å². The van der Waals surface area contributed by atoms with Crippen molar-refractivity contribution in [3.63, 3.8) is 0 Å². The zero-order valence-electron chi connectivity index (χ0n) is 18.5. The van der Waals surface area contributed by atoms with Crippen LogP contribution in [-0.2, 0) is 4.74 Å². The van der Waals surface area contributed by atoms with E-state index in [0.29, 0.717) is 18.1 Å². The number of aliphatic hydroxyl groups is 1. The summed E-state index contributed by atoms with van der Waals surface area (Å²) >= 11 is 6.29. The van der Waals surface area contributed by atoms with Gasteiger partial charge in [0, 0.05) is 37.2 Å². The van der Waals surface area contributed by atoms with Crippen LogP contribution in [0.15, 0.2) is 48.2 Å². The number of allylic oxidation sites excluding steroid dienone is 3. The second-order valence-electron chi connectivity index (χ2n) is 8.91. The number of benzene rings is 1. The molecule has 0 radical (unpaired) electrons. The fourth-order valence-corrected chi connectivity index (χ4v) is 4.26. The average molecular weight is 446 g/mol. The van der Waals surface area contributed by atoms with Gasteiger partial charge in [-0.15, -0.1) is 0 Å². The van der Waals surface area contributed by atoms with Gasteiger partial charge in [-0.25, -0.2) is 4.79 Å². The summed E-state index contributed by atoms with van der Waals surface area (Å²) in [5.74, 6) is 0. The Morgan fingerprint density at radius 3 is 2.61 bits per heavy atom.